The lowest BCUT2D eigenvalue weighted by molar-refractivity contribution is -0.145. The molecule has 0 bridgehead atoms. The van der Waals surface area contributed by atoms with E-state index in [1.54, 1.807) is 0 Å². The number of hydrogen-bond acceptors (Lipinski definition) is 4. The molecule has 0 aliphatic carbocycles. The number of carbonyl (C=O) groups is 2. The highest BCUT2D eigenvalue weighted by Crippen LogP contribution is 2.33. The third-order valence-corrected chi connectivity index (χ3v) is 6.06. The van der Waals surface area contributed by atoms with Crippen LogP contribution in [0.15, 0.2) is 15.2 Å². The first kappa shape index (κ1) is 16.0. The number of halogens is 1. The number of likely N-dealkylation sites (tertiary alicyclic amines) is 1. The van der Waals surface area contributed by atoms with Crippen LogP contribution in [0.4, 0.5) is 0 Å². The van der Waals surface area contributed by atoms with Crippen LogP contribution >= 0.6 is 27.3 Å². The Labute approximate surface area is 141 Å². The molecule has 2 aliphatic heterocycles. The summed E-state index contributed by atoms with van der Waals surface area (Å²) in [6.45, 7) is 1.87. The maximum atomic E-state index is 12.4. The average molecular weight is 388 g/mol. The van der Waals surface area contributed by atoms with E-state index in [2.05, 4.69) is 15.9 Å². The molecule has 2 atom stereocenters. The van der Waals surface area contributed by atoms with E-state index in [-0.39, 0.29) is 23.8 Å². The number of carbonyl (C=O) groups excluding carboxylic acids is 1. The fraction of sp³-hybridized carbons (Fsp3) is 0.600. The number of carboxylic acids is 1. The Kier molecular flexibility index (Phi) is 4.84. The van der Waals surface area contributed by atoms with Gasteiger partial charge in [0.15, 0.2) is 0 Å². The van der Waals surface area contributed by atoms with Gasteiger partial charge in [-0.05, 0) is 47.2 Å². The molecule has 1 N–H and O–H groups in total. The molecule has 3 heterocycles. The van der Waals surface area contributed by atoms with Crippen molar-refractivity contribution in [3.8, 4) is 0 Å². The van der Waals surface area contributed by atoms with Crippen molar-refractivity contribution in [2.24, 2.45) is 11.8 Å². The van der Waals surface area contributed by atoms with E-state index in [0.29, 0.717) is 26.1 Å². The molecule has 2 aliphatic rings. The molecule has 0 aromatic carbocycles. The van der Waals surface area contributed by atoms with Crippen LogP contribution in [-0.4, -0.2) is 47.7 Å². The number of ether oxygens (including phenoxy) is 1. The quantitative estimate of drug-likeness (QED) is 0.865. The Hall–Kier alpha value is -0.920. The van der Waals surface area contributed by atoms with E-state index in [9.17, 15) is 14.7 Å². The maximum absolute atomic E-state index is 12.4. The predicted octanol–water partition coefficient (Wildman–Crippen LogP) is 2.85. The summed E-state index contributed by atoms with van der Waals surface area (Å²) < 4.78 is 6.61. The zero-order valence-electron chi connectivity index (χ0n) is 12.0. The zero-order valence-corrected chi connectivity index (χ0v) is 14.4. The molecule has 2 fully saturated rings. The molecule has 1 unspecified atom stereocenters. The van der Waals surface area contributed by atoms with Gasteiger partial charge in [0.05, 0.1) is 21.4 Å². The molecule has 0 saturated carbocycles. The van der Waals surface area contributed by atoms with Crippen molar-refractivity contribution >= 4 is 39.1 Å². The zero-order chi connectivity index (χ0) is 15.7. The summed E-state index contributed by atoms with van der Waals surface area (Å²) in [6.07, 6.45) is 2.03. The number of carboxylic acid groups (broad SMARTS) is 1. The van der Waals surface area contributed by atoms with Gasteiger partial charge < -0.3 is 14.7 Å². The number of hydrogen-bond donors (Lipinski definition) is 1. The second-order valence-electron chi connectivity index (χ2n) is 5.84. The number of aliphatic carboxylic acids is 1. The van der Waals surface area contributed by atoms with Gasteiger partial charge in [0.2, 0.25) is 0 Å². The first-order chi connectivity index (χ1) is 10.6. The Morgan fingerprint density at radius 2 is 2.05 bits per heavy atom. The van der Waals surface area contributed by atoms with Crippen molar-refractivity contribution in [3.63, 3.8) is 0 Å². The molecule has 0 radical (unpaired) electrons. The van der Waals surface area contributed by atoms with Gasteiger partial charge in [-0.1, -0.05) is 0 Å². The Balaban J connectivity index is 1.58. The summed E-state index contributed by atoms with van der Waals surface area (Å²) in [6, 6.07) is 1.85. The molecule has 22 heavy (non-hydrogen) atoms. The second kappa shape index (κ2) is 6.68. The van der Waals surface area contributed by atoms with Gasteiger partial charge >= 0.3 is 5.97 Å². The highest BCUT2D eigenvalue weighted by Gasteiger charge is 2.40. The topological polar surface area (TPSA) is 66.8 Å². The summed E-state index contributed by atoms with van der Waals surface area (Å²) in [5.74, 6) is -0.853. The first-order valence-electron chi connectivity index (χ1n) is 7.44. The summed E-state index contributed by atoms with van der Waals surface area (Å²) in [5, 5.41) is 11.1. The standard InChI is InChI=1S/C15H18BrNO4S/c16-12-7-10(8-22-12)14(18)17-4-1-9(2-5-17)13-11(15(19)20)3-6-21-13/h7-9,11,13H,1-6H2,(H,19,20)/t11?,13-/m0/s1. The highest BCUT2D eigenvalue weighted by atomic mass is 79.9. The monoisotopic (exact) mass is 387 g/mol. The van der Waals surface area contributed by atoms with Gasteiger partial charge in [-0.3, -0.25) is 9.59 Å². The number of piperidine rings is 1. The van der Waals surface area contributed by atoms with E-state index in [4.69, 9.17) is 4.74 Å². The summed E-state index contributed by atoms with van der Waals surface area (Å²) in [5.41, 5.74) is 0.718. The SMILES string of the molecule is O=C(O)C1CCO[C@H]1C1CCN(C(=O)c2csc(Br)c2)CC1. The van der Waals surface area contributed by atoms with Crippen molar-refractivity contribution in [3.05, 3.63) is 20.8 Å². The van der Waals surface area contributed by atoms with Gasteiger partial charge in [0, 0.05) is 25.1 Å². The minimum absolute atomic E-state index is 0.0579. The van der Waals surface area contributed by atoms with E-state index in [0.717, 1.165) is 22.2 Å². The molecule has 3 rings (SSSR count). The van der Waals surface area contributed by atoms with Crippen LogP contribution in [0.3, 0.4) is 0 Å². The fourth-order valence-corrected chi connectivity index (χ4v) is 4.51. The largest absolute Gasteiger partial charge is 0.481 e. The molecule has 0 spiro atoms. The lowest BCUT2D eigenvalue weighted by Crippen LogP contribution is -2.43. The van der Waals surface area contributed by atoms with Crippen molar-refractivity contribution in [1.82, 2.24) is 4.90 Å². The molecule has 5 nitrogen and oxygen atoms in total. The Bertz CT molecular complexity index is 568. The van der Waals surface area contributed by atoms with Crippen molar-refractivity contribution < 1.29 is 19.4 Å². The lowest BCUT2D eigenvalue weighted by Gasteiger charge is -2.35. The molecule has 1 amide bonds. The first-order valence-corrected chi connectivity index (χ1v) is 9.11. The van der Waals surface area contributed by atoms with Gasteiger partial charge in [-0.2, -0.15) is 0 Å². The van der Waals surface area contributed by atoms with E-state index in [1.165, 1.54) is 11.3 Å². The van der Waals surface area contributed by atoms with Crippen LogP contribution in [0.2, 0.25) is 0 Å². The smallest absolute Gasteiger partial charge is 0.309 e. The van der Waals surface area contributed by atoms with Crippen molar-refractivity contribution in [2.75, 3.05) is 19.7 Å². The van der Waals surface area contributed by atoms with Crippen LogP contribution in [0.25, 0.3) is 0 Å². The molecule has 120 valence electrons. The lowest BCUT2D eigenvalue weighted by atomic mass is 9.84. The third-order valence-electron chi connectivity index (χ3n) is 4.56. The van der Waals surface area contributed by atoms with Crippen molar-refractivity contribution in [2.45, 2.75) is 25.4 Å². The number of amides is 1. The molecule has 1 aromatic rings. The second-order valence-corrected chi connectivity index (χ2v) is 8.13. The normalized spacial score (nSPS) is 26.3. The highest BCUT2D eigenvalue weighted by molar-refractivity contribution is 9.11. The average Bonchev–Trinajstić information content (AvgIpc) is 3.15. The van der Waals surface area contributed by atoms with Crippen LogP contribution in [0.1, 0.15) is 29.6 Å². The number of rotatable bonds is 3. The summed E-state index contributed by atoms with van der Waals surface area (Å²) in [7, 11) is 0. The summed E-state index contributed by atoms with van der Waals surface area (Å²) >= 11 is 4.88. The molecular weight excluding hydrogens is 370 g/mol. The molecule has 1 aromatic heterocycles. The van der Waals surface area contributed by atoms with Gasteiger partial charge in [-0.25, -0.2) is 0 Å². The third kappa shape index (κ3) is 3.21. The number of thiophene rings is 1. The van der Waals surface area contributed by atoms with Gasteiger partial charge in [-0.15, -0.1) is 11.3 Å². The molecule has 2 saturated heterocycles. The van der Waals surface area contributed by atoms with Gasteiger partial charge in [0.25, 0.3) is 5.91 Å². The van der Waals surface area contributed by atoms with E-state index < -0.39 is 5.97 Å². The fourth-order valence-electron chi connectivity index (χ4n) is 3.38. The summed E-state index contributed by atoms with van der Waals surface area (Å²) in [4.78, 5) is 25.5. The predicted molar refractivity (Wildman–Crippen MR) is 86.1 cm³/mol. The minimum atomic E-state index is -0.760. The Morgan fingerprint density at radius 3 is 2.64 bits per heavy atom. The molecule has 7 heteroatoms. The van der Waals surface area contributed by atoms with Crippen LogP contribution in [0, 0.1) is 11.8 Å². The van der Waals surface area contributed by atoms with Crippen LogP contribution in [-0.2, 0) is 9.53 Å². The van der Waals surface area contributed by atoms with E-state index >= 15 is 0 Å². The maximum Gasteiger partial charge on any atom is 0.309 e. The van der Waals surface area contributed by atoms with Gasteiger partial charge in [0.1, 0.15) is 0 Å². The number of nitrogens with zero attached hydrogens (tertiary/aromatic N) is 1. The van der Waals surface area contributed by atoms with E-state index in [1.807, 2.05) is 16.3 Å². The van der Waals surface area contributed by atoms with Crippen molar-refractivity contribution in [1.29, 1.82) is 0 Å². The van der Waals surface area contributed by atoms with Crippen LogP contribution in [0.5, 0.6) is 0 Å². The molecular formula is C15H18BrNO4S. The van der Waals surface area contributed by atoms with Crippen LogP contribution < -0.4 is 0 Å². The Morgan fingerprint density at radius 1 is 1.32 bits per heavy atom. The minimum Gasteiger partial charge on any atom is -0.481 e.